The SMILES string of the molecule is CN(CC(=O)O)C(=N)N.N. The molecule has 0 heterocycles. The third kappa shape index (κ3) is 4.85. The van der Waals surface area contributed by atoms with E-state index in [1.807, 2.05) is 0 Å². The van der Waals surface area contributed by atoms with Gasteiger partial charge in [0.05, 0.1) is 0 Å². The van der Waals surface area contributed by atoms with Gasteiger partial charge < -0.3 is 21.9 Å². The molecule has 0 atom stereocenters. The van der Waals surface area contributed by atoms with Crippen LogP contribution in [0.2, 0.25) is 0 Å². The van der Waals surface area contributed by atoms with Crippen LogP contribution in [0.5, 0.6) is 0 Å². The molecule has 0 aliphatic rings. The zero-order chi connectivity index (χ0) is 7.44. The summed E-state index contributed by atoms with van der Waals surface area (Å²) in [5.74, 6) is -1.23. The van der Waals surface area contributed by atoms with Gasteiger partial charge >= 0.3 is 5.97 Å². The third-order valence-electron chi connectivity index (χ3n) is 0.784. The molecular formula is C4H12N4O2. The molecule has 0 saturated carbocycles. The Morgan fingerprint density at radius 2 is 2.20 bits per heavy atom. The molecule has 0 saturated heterocycles. The van der Waals surface area contributed by atoms with Gasteiger partial charge in [0.1, 0.15) is 6.54 Å². The molecule has 10 heavy (non-hydrogen) atoms. The van der Waals surface area contributed by atoms with Gasteiger partial charge in [-0.15, -0.1) is 0 Å². The Kier molecular flexibility index (Phi) is 5.25. The van der Waals surface area contributed by atoms with Gasteiger partial charge in [-0.05, 0) is 0 Å². The molecule has 7 N–H and O–H groups in total. The van der Waals surface area contributed by atoms with Crippen molar-refractivity contribution in [1.82, 2.24) is 11.1 Å². The van der Waals surface area contributed by atoms with Crippen LogP contribution in [0, 0.1) is 5.41 Å². The van der Waals surface area contributed by atoms with Crippen LogP contribution in [0.15, 0.2) is 0 Å². The van der Waals surface area contributed by atoms with Crippen LogP contribution in [-0.2, 0) is 4.79 Å². The van der Waals surface area contributed by atoms with Crippen LogP contribution in [-0.4, -0.2) is 35.5 Å². The van der Waals surface area contributed by atoms with E-state index in [9.17, 15) is 4.79 Å². The maximum atomic E-state index is 9.92. The minimum absolute atomic E-state index is 0. The number of nitrogens with two attached hydrogens (primary N) is 1. The van der Waals surface area contributed by atoms with Gasteiger partial charge in [-0.3, -0.25) is 10.2 Å². The second-order valence-corrected chi connectivity index (χ2v) is 1.64. The first-order chi connectivity index (χ1) is 4.04. The number of aliphatic carboxylic acids is 1. The summed E-state index contributed by atoms with van der Waals surface area (Å²) in [5.41, 5.74) is 4.93. The van der Waals surface area contributed by atoms with Crippen molar-refractivity contribution < 1.29 is 9.90 Å². The summed E-state index contributed by atoms with van der Waals surface area (Å²) in [6, 6.07) is 0. The molecule has 60 valence electrons. The molecule has 6 heteroatoms. The van der Waals surface area contributed by atoms with Gasteiger partial charge in [-0.2, -0.15) is 0 Å². The molecule has 0 aromatic carbocycles. The number of hydrogen-bond acceptors (Lipinski definition) is 3. The van der Waals surface area contributed by atoms with E-state index in [1.165, 1.54) is 7.05 Å². The number of hydrogen-bond donors (Lipinski definition) is 4. The van der Waals surface area contributed by atoms with E-state index in [0.29, 0.717) is 0 Å². The van der Waals surface area contributed by atoms with Crippen molar-refractivity contribution in [1.29, 1.82) is 5.41 Å². The van der Waals surface area contributed by atoms with Gasteiger partial charge in [-0.1, -0.05) is 0 Å². The number of rotatable bonds is 2. The molecule has 0 spiro atoms. The summed E-state index contributed by atoms with van der Waals surface area (Å²) in [7, 11) is 1.44. The molecular weight excluding hydrogens is 136 g/mol. The highest BCUT2D eigenvalue weighted by atomic mass is 16.4. The Morgan fingerprint density at radius 1 is 1.80 bits per heavy atom. The van der Waals surface area contributed by atoms with Crippen molar-refractivity contribution in [3.8, 4) is 0 Å². The molecule has 0 aromatic heterocycles. The first-order valence-electron chi connectivity index (χ1n) is 2.31. The first kappa shape index (κ1) is 11.5. The normalized spacial score (nSPS) is 7.70. The molecule has 0 amide bonds. The molecule has 0 aliphatic heterocycles. The zero-order valence-electron chi connectivity index (χ0n) is 5.79. The van der Waals surface area contributed by atoms with Crippen LogP contribution in [0.25, 0.3) is 0 Å². The first-order valence-corrected chi connectivity index (χ1v) is 2.31. The molecule has 0 fully saturated rings. The Hall–Kier alpha value is -1.30. The van der Waals surface area contributed by atoms with E-state index in [2.05, 4.69) is 0 Å². The van der Waals surface area contributed by atoms with Crippen LogP contribution in [0.4, 0.5) is 0 Å². The van der Waals surface area contributed by atoms with E-state index < -0.39 is 5.97 Å². The van der Waals surface area contributed by atoms with Crippen molar-refractivity contribution >= 4 is 11.9 Å². The lowest BCUT2D eigenvalue weighted by Crippen LogP contribution is -2.36. The van der Waals surface area contributed by atoms with E-state index in [-0.39, 0.29) is 18.7 Å². The van der Waals surface area contributed by atoms with Crippen LogP contribution in [0.1, 0.15) is 0 Å². The molecule has 0 unspecified atom stereocenters. The molecule has 0 rings (SSSR count). The fraction of sp³-hybridized carbons (Fsp3) is 0.500. The van der Waals surface area contributed by atoms with Gasteiger partial charge in [0.2, 0.25) is 0 Å². The highest BCUT2D eigenvalue weighted by molar-refractivity contribution is 5.79. The number of nitrogens with one attached hydrogen (secondary N) is 1. The third-order valence-corrected chi connectivity index (χ3v) is 0.784. The monoisotopic (exact) mass is 148 g/mol. The van der Waals surface area contributed by atoms with E-state index >= 15 is 0 Å². The van der Waals surface area contributed by atoms with Crippen LogP contribution in [0.3, 0.4) is 0 Å². The standard InChI is InChI=1S/C4H9N3O2.H3N/c1-7(4(5)6)2-3(8)9;/h2H2,1H3,(H3,5,6)(H,8,9);1H3. The fourth-order valence-electron chi connectivity index (χ4n) is 0.288. The minimum atomic E-state index is -0.993. The van der Waals surface area contributed by atoms with E-state index in [1.54, 1.807) is 0 Å². The summed E-state index contributed by atoms with van der Waals surface area (Å²) in [5, 5.41) is 14.9. The number of carboxylic acid groups (broad SMARTS) is 1. The van der Waals surface area contributed by atoms with Gasteiger partial charge in [0.15, 0.2) is 5.96 Å². The Bertz CT molecular complexity index is 135. The summed E-state index contributed by atoms with van der Waals surface area (Å²) < 4.78 is 0. The molecule has 0 aliphatic carbocycles. The largest absolute Gasteiger partial charge is 0.480 e. The Morgan fingerprint density at radius 3 is 2.30 bits per heavy atom. The zero-order valence-corrected chi connectivity index (χ0v) is 5.79. The lowest BCUT2D eigenvalue weighted by Gasteiger charge is -2.12. The number of carbonyl (C=O) groups is 1. The fourth-order valence-corrected chi connectivity index (χ4v) is 0.288. The number of nitrogens with zero attached hydrogens (tertiary/aromatic N) is 1. The van der Waals surface area contributed by atoms with Gasteiger partial charge in [0, 0.05) is 7.05 Å². The Labute approximate surface area is 58.7 Å². The van der Waals surface area contributed by atoms with Crippen LogP contribution < -0.4 is 11.9 Å². The second kappa shape index (κ2) is 4.57. The van der Waals surface area contributed by atoms with E-state index in [0.717, 1.165) is 4.90 Å². The summed E-state index contributed by atoms with van der Waals surface area (Å²) >= 11 is 0. The lowest BCUT2D eigenvalue weighted by molar-refractivity contribution is -0.137. The van der Waals surface area contributed by atoms with Crippen molar-refractivity contribution in [3.63, 3.8) is 0 Å². The molecule has 0 aromatic rings. The number of guanidine groups is 1. The second-order valence-electron chi connectivity index (χ2n) is 1.64. The van der Waals surface area contributed by atoms with Crippen molar-refractivity contribution in [2.24, 2.45) is 5.73 Å². The molecule has 0 radical (unpaired) electrons. The van der Waals surface area contributed by atoms with Crippen molar-refractivity contribution in [2.45, 2.75) is 0 Å². The van der Waals surface area contributed by atoms with Gasteiger partial charge in [-0.25, -0.2) is 0 Å². The van der Waals surface area contributed by atoms with Crippen molar-refractivity contribution in [2.75, 3.05) is 13.6 Å². The summed E-state index contributed by atoms with van der Waals surface area (Å²) in [4.78, 5) is 11.0. The quantitative estimate of drug-likeness (QED) is 0.297. The van der Waals surface area contributed by atoms with Crippen LogP contribution >= 0.6 is 0 Å². The maximum absolute atomic E-state index is 9.92. The average Bonchev–Trinajstić information content (AvgIpc) is 1.63. The predicted octanol–water partition coefficient (Wildman–Crippen LogP) is -0.942. The lowest BCUT2D eigenvalue weighted by atomic mass is 10.6. The number of carboxylic acids is 1. The van der Waals surface area contributed by atoms with Crippen molar-refractivity contribution in [3.05, 3.63) is 0 Å². The molecule has 0 bridgehead atoms. The summed E-state index contributed by atoms with van der Waals surface area (Å²) in [6.45, 7) is -0.227. The topological polar surface area (TPSA) is 125 Å². The minimum Gasteiger partial charge on any atom is -0.480 e. The predicted molar refractivity (Wildman–Crippen MR) is 37.2 cm³/mol. The van der Waals surface area contributed by atoms with Gasteiger partial charge in [0.25, 0.3) is 0 Å². The highest BCUT2D eigenvalue weighted by Gasteiger charge is 2.03. The van der Waals surface area contributed by atoms with E-state index in [4.69, 9.17) is 16.2 Å². The maximum Gasteiger partial charge on any atom is 0.323 e. The Balaban J connectivity index is 0. The molecule has 6 nitrogen and oxygen atoms in total. The smallest absolute Gasteiger partial charge is 0.323 e. The summed E-state index contributed by atoms with van der Waals surface area (Å²) in [6.07, 6.45) is 0. The average molecular weight is 148 g/mol. The number of likely N-dealkylation sites (N-methyl/N-ethyl adjacent to an activating group) is 1. The highest BCUT2D eigenvalue weighted by Crippen LogP contribution is 1.76.